The van der Waals surface area contributed by atoms with Crippen LogP contribution in [0.4, 0.5) is 10.1 Å². The molecule has 0 bridgehead atoms. The topological polar surface area (TPSA) is 42.0 Å². The van der Waals surface area contributed by atoms with Crippen molar-refractivity contribution in [1.82, 2.24) is 4.98 Å². The van der Waals surface area contributed by atoms with Crippen LogP contribution in [0.2, 0.25) is 10.0 Å². The molecule has 3 aromatic carbocycles. The van der Waals surface area contributed by atoms with Crippen molar-refractivity contribution in [3.05, 3.63) is 93.2 Å². The van der Waals surface area contributed by atoms with E-state index in [-0.39, 0.29) is 11.7 Å². The molecule has 0 radical (unpaired) electrons. The Kier molecular flexibility index (Phi) is 5.46. The van der Waals surface area contributed by atoms with Crippen LogP contribution in [0.1, 0.15) is 21.5 Å². The van der Waals surface area contributed by atoms with Crippen LogP contribution in [0.3, 0.4) is 0 Å². The molecular weight excluding hydrogens is 422 g/mol. The lowest BCUT2D eigenvalue weighted by Crippen LogP contribution is -2.13. The predicted octanol–water partition coefficient (Wildman–Crippen LogP) is 7.22. The molecule has 0 saturated heterocycles. The molecule has 0 aliphatic heterocycles. The minimum absolute atomic E-state index is 0.297. The van der Waals surface area contributed by atoms with Crippen molar-refractivity contribution in [2.24, 2.45) is 0 Å². The Balaban J connectivity index is 1.86. The zero-order chi connectivity index (χ0) is 21.4. The number of pyridine rings is 1. The number of nitrogens with one attached hydrogen (secondary N) is 1. The third-order valence-electron chi connectivity index (χ3n) is 4.81. The highest BCUT2D eigenvalue weighted by molar-refractivity contribution is 6.42. The van der Waals surface area contributed by atoms with Gasteiger partial charge in [0.2, 0.25) is 0 Å². The second-order valence-corrected chi connectivity index (χ2v) is 7.94. The number of fused-ring (bicyclic) bond motifs is 1. The monoisotopic (exact) mass is 438 g/mol. The lowest BCUT2D eigenvalue weighted by atomic mass is 9.99. The molecule has 1 heterocycles. The van der Waals surface area contributed by atoms with E-state index in [2.05, 4.69) is 5.32 Å². The molecular formula is C24H17Cl2FN2O. The first-order chi connectivity index (χ1) is 14.3. The molecule has 1 N–H and O–H groups in total. The third-order valence-corrected chi connectivity index (χ3v) is 5.55. The summed E-state index contributed by atoms with van der Waals surface area (Å²) in [5.74, 6) is -0.627. The Morgan fingerprint density at radius 2 is 1.67 bits per heavy atom. The van der Waals surface area contributed by atoms with Gasteiger partial charge in [0.25, 0.3) is 5.91 Å². The molecule has 150 valence electrons. The lowest BCUT2D eigenvalue weighted by Gasteiger charge is -2.13. The van der Waals surface area contributed by atoms with Gasteiger partial charge in [-0.05, 0) is 74.0 Å². The van der Waals surface area contributed by atoms with Crippen molar-refractivity contribution in [2.45, 2.75) is 13.8 Å². The van der Waals surface area contributed by atoms with Gasteiger partial charge in [-0.2, -0.15) is 0 Å². The van der Waals surface area contributed by atoms with Gasteiger partial charge in [-0.1, -0.05) is 34.8 Å². The van der Waals surface area contributed by atoms with Gasteiger partial charge >= 0.3 is 0 Å². The summed E-state index contributed by atoms with van der Waals surface area (Å²) in [7, 11) is 0. The summed E-state index contributed by atoms with van der Waals surface area (Å²) >= 11 is 12.0. The third kappa shape index (κ3) is 4.02. The molecule has 3 nitrogen and oxygen atoms in total. The molecule has 0 unspecified atom stereocenters. The molecule has 0 aliphatic carbocycles. The van der Waals surface area contributed by atoms with E-state index in [0.29, 0.717) is 27.0 Å². The van der Waals surface area contributed by atoms with Crippen molar-refractivity contribution in [2.75, 3.05) is 5.32 Å². The van der Waals surface area contributed by atoms with E-state index in [0.717, 1.165) is 27.6 Å². The highest BCUT2D eigenvalue weighted by Gasteiger charge is 2.16. The fourth-order valence-electron chi connectivity index (χ4n) is 3.41. The summed E-state index contributed by atoms with van der Waals surface area (Å²) < 4.78 is 13.4. The van der Waals surface area contributed by atoms with Crippen molar-refractivity contribution in [3.8, 4) is 11.3 Å². The number of hydrogen-bond acceptors (Lipinski definition) is 2. The van der Waals surface area contributed by atoms with Crippen molar-refractivity contribution >= 4 is 45.7 Å². The van der Waals surface area contributed by atoms with Gasteiger partial charge < -0.3 is 5.32 Å². The first-order valence-corrected chi connectivity index (χ1v) is 10.0. The standard InChI is InChI=1S/C24H17Cl2FN2O/c1-13-9-14(2)23-18(10-13)19(12-22(29-23)15-3-5-16(27)6-4-15)24(30)28-17-7-8-20(25)21(26)11-17/h3-12H,1-2H3,(H,28,30). The van der Waals surface area contributed by atoms with Gasteiger partial charge in [0, 0.05) is 16.6 Å². The molecule has 30 heavy (non-hydrogen) atoms. The number of halogens is 3. The lowest BCUT2D eigenvalue weighted by molar-refractivity contribution is 0.102. The number of aryl methyl sites for hydroxylation is 2. The fraction of sp³-hybridized carbons (Fsp3) is 0.0833. The van der Waals surface area contributed by atoms with Crippen LogP contribution >= 0.6 is 23.2 Å². The number of anilines is 1. The van der Waals surface area contributed by atoms with Crippen molar-refractivity contribution in [3.63, 3.8) is 0 Å². The summed E-state index contributed by atoms with van der Waals surface area (Å²) in [6.45, 7) is 3.93. The molecule has 4 aromatic rings. The number of amides is 1. The molecule has 1 amide bonds. The number of benzene rings is 3. The first kappa shape index (κ1) is 20.3. The Bertz CT molecular complexity index is 1290. The maximum absolute atomic E-state index is 13.4. The number of carbonyl (C=O) groups is 1. The van der Waals surface area contributed by atoms with Gasteiger partial charge in [0.15, 0.2) is 0 Å². The number of aromatic nitrogens is 1. The zero-order valence-electron chi connectivity index (χ0n) is 16.3. The SMILES string of the molecule is Cc1cc(C)c2nc(-c3ccc(F)cc3)cc(C(=O)Nc3ccc(Cl)c(Cl)c3)c2c1. The molecule has 0 fully saturated rings. The van der Waals surface area contributed by atoms with Crippen molar-refractivity contribution < 1.29 is 9.18 Å². The van der Waals surface area contributed by atoms with E-state index >= 15 is 0 Å². The van der Waals surface area contributed by atoms with E-state index < -0.39 is 0 Å². The molecule has 1 aromatic heterocycles. The van der Waals surface area contributed by atoms with Crippen molar-refractivity contribution in [1.29, 1.82) is 0 Å². The molecule has 0 atom stereocenters. The quantitative estimate of drug-likeness (QED) is 0.366. The van der Waals surface area contributed by atoms with E-state index in [1.54, 1.807) is 36.4 Å². The van der Waals surface area contributed by atoms with Gasteiger partial charge in [0.1, 0.15) is 5.82 Å². The largest absolute Gasteiger partial charge is 0.322 e. The van der Waals surface area contributed by atoms with Crippen LogP contribution in [-0.2, 0) is 0 Å². The highest BCUT2D eigenvalue weighted by Crippen LogP contribution is 2.30. The van der Waals surface area contributed by atoms with E-state index in [4.69, 9.17) is 28.2 Å². The highest BCUT2D eigenvalue weighted by atomic mass is 35.5. The van der Waals surface area contributed by atoms with Gasteiger partial charge in [-0.15, -0.1) is 0 Å². The number of carbonyl (C=O) groups excluding carboxylic acids is 1. The smallest absolute Gasteiger partial charge is 0.256 e. The fourth-order valence-corrected chi connectivity index (χ4v) is 3.71. The molecule has 6 heteroatoms. The summed E-state index contributed by atoms with van der Waals surface area (Å²) in [5.41, 5.74) is 5.03. The zero-order valence-corrected chi connectivity index (χ0v) is 17.8. The summed E-state index contributed by atoms with van der Waals surface area (Å²) in [6, 6.07) is 16.6. The Labute approximate surface area is 183 Å². The first-order valence-electron chi connectivity index (χ1n) is 9.26. The Morgan fingerprint density at radius 1 is 0.933 bits per heavy atom. The number of nitrogens with zero attached hydrogens (tertiary/aromatic N) is 1. The van der Waals surface area contributed by atoms with Crippen LogP contribution in [-0.4, -0.2) is 10.9 Å². The van der Waals surface area contributed by atoms with E-state index in [1.165, 1.54) is 12.1 Å². The number of hydrogen-bond donors (Lipinski definition) is 1. The van der Waals surface area contributed by atoms with Crippen LogP contribution in [0.25, 0.3) is 22.2 Å². The van der Waals surface area contributed by atoms with Gasteiger partial charge in [-0.25, -0.2) is 9.37 Å². The average Bonchev–Trinajstić information content (AvgIpc) is 2.70. The van der Waals surface area contributed by atoms with E-state index in [1.807, 2.05) is 26.0 Å². The molecule has 0 aliphatic rings. The molecule has 0 saturated carbocycles. The van der Waals surface area contributed by atoms with Crippen LogP contribution in [0.15, 0.2) is 60.7 Å². The van der Waals surface area contributed by atoms with Crippen LogP contribution in [0.5, 0.6) is 0 Å². The average molecular weight is 439 g/mol. The minimum atomic E-state index is -0.330. The second-order valence-electron chi connectivity index (χ2n) is 7.12. The number of rotatable bonds is 3. The van der Waals surface area contributed by atoms with Gasteiger partial charge in [0.05, 0.1) is 26.8 Å². The van der Waals surface area contributed by atoms with Crippen LogP contribution < -0.4 is 5.32 Å². The van der Waals surface area contributed by atoms with E-state index in [9.17, 15) is 9.18 Å². The summed E-state index contributed by atoms with van der Waals surface area (Å²) in [6.07, 6.45) is 0. The second kappa shape index (κ2) is 8.05. The minimum Gasteiger partial charge on any atom is -0.322 e. The molecule has 4 rings (SSSR count). The Morgan fingerprint density at radius 3 is 2.37 bits per heavy atom. The summed E-state index contributed by atoms with van der Waals surface area (Å²) in [4.78, 5) is 18.0. The Hall–Kier alpha value is -2.95. The van der Waals surface area contributed by atoms with Gasteiger partial charge in [-0.3, -0.25) is 4.79 Å². The van der Waals surface area contributed by atoms with Crippen LogP contribution in [0, 0.1) is 19.7 Å². The molecule has 0 spiro atoms. The maximum Gasteiger partial charge on any atom is 0.256 e. The summed E-state index contributed by atoms with van der Waals surface area (Å²) in [5, 5.41) is 4.39. The predicted molar refractivity (Wildman–Crippen MR) is 121 cm³/mol. The normalized spacial score (nSPS) is 11.0. The maximum atomic E-state index is 13.4.